The van der Waals surface area contributed by atoms with Crippen LogP contribution >= 0.6 is 0 Å². The maximum Gasteiger partial charge on any atom is 0.232 e. The van der Waals surface area contributed by atoms with Crippen molar-refractivity contribution in [2.45, 2.75) is 6.92 Å². The van der Waals surface area contributed by atoms with Crippen LogP contribution in [0.3, 0.4) is 0 Å². The minimum absolute atomic E-state index is 0.612. The summed E-state index contributed by atoms with van der Waals surface area (Å²) in [4.78, 5) is 17.6. The summed E-state index contributed by atoms with van der Waals surface area (Å²) >= 11 is 0. The molecule has 0 bridgehead atoms. The Balaban J connectivity index is 2.09. The zero-order valence-electron chi connectivity index (χ0n) is 13.1. The smallest absolute Gasteiger partial charge is 0.232 e. The van der Waals surface area contributed by atoms with Crippen LogP contribution in [0, 0.1) is 0 Å². The lowest BCUT2D eigenvalue weighted by Gasteiger charge is -2.27. The molecule has 0 aromatic carbocycles. The summed E-state index contributed by atoms with van der Waals surface area (Å²) in [5, 5.41) is 6.41. The topological polar surface area (TPSA) is 78.4 Å². The van der Waals surface area contributed by atoms with E-state index in [-0.39, 0.29) is 0 Å². The Kier molecular flexibility index (Phi) is 5.94. The number of aromatic nitrogens is 3. The molecule has 1 fully saturated rings. The van der Waals surface area contributed by atoms with E-state index in [0.29, 0.717) is 31.1 Å². The summed E-state index contributed by atoms with van der Waals surface area (Å²) in [6.45, 7) is 7.58. The second-order valence-corrected chi connectivity index (χ2v) is 5.14. The van der Waals surface area contributed by atoms with Crippen LogP contribution in [0.1, 0.15) is 6.92 Å². The number of ether oxygens (including phenoxy) is 1. The molecule has 1 saturated heterocycles. The van der Waals surface area contributed by atoms with E-state index in [2.05, 4.69) is 35.4 Å². The van der Waals surface area contributed by atoms with E-state index < -0.39 is 0 Å². The number of nitrogens with zero attached hydrogens (tertiary/aromatic N) is 5. The highest BCUT2D eigenvalue weighted by Gasteiger charge is 2.16. The van der Waals surface area contributed by atoms with E-state index in [1.54, 1.807) is 0 Å². The fraction of sp³-hybridized carbons (Fsp3) is 0.769. The Morgan fingerprint density at radius 2 is 1.76 bits per heavy atom. The zero-order chi connectivity index (χ0) is 15.1. The summed E-state index contributed by atoms with van der Waals surface area (Å²) < 4.78 is 5.37. The summed E-state index contributed by atoms with van der Waals surface area (Å²) in [6, 6.07) is 0. The molecule has 0 radical (unpaired) electrons. The third-order valence-electron chi connectivity index (χ3n) is 3.09. The number of nitrogens with one attached hydrogen (secondary N) is 2. The molecule has 2 N–H and O–H groups in total. The minimum atomic E-state index is 0.612. The van der Waals surface area contributed by atoms with E-state index >= 15 is 0 Å². The molecular weight excluding hydrogens is 270 g/mol. The number of rotatable bonds is 7. The molecule has 0 spiro atoms. The third kappa shape index (κ3) is 4.98. The maximum absolute atomic E-state index is 5.37. The van der Waals surface area contributed by atoms with Crippen molar-refractivity contribution in [2.75, 3.05) is 75.6 Å². The van der Waals surface area contributed by atoms with E-state index in [0.717, 1.165) is 32.7 Å². The van der Waals surface area contributed by atoms with Crippen LogP contribution in [-0.4, -0.2) is 79.9 Å². The van der Waals surface area contributed by atoms with Gasteiger partial charge in [-0.3, -0.25) is 0 Å². The molecule has 8 nitrogen and oxygen atoms in total. The van der Waals surface area contributed by atoms with Crippen LogP contribution in [0.25, 0.3) is 0 Å². The number of hydrogen-bond donors (Lipinski definition) is 2. The van der Waals surface area contributed by atoms with Gasteiger partial charge in [-0.15, -0.1) is 0 Å². The summed E-state index contributed by atoms with van der Waals surface area (Å²) in [7, 11) is 4.08. The van der Waals surface area contributed by atoms with E-state index in [4.69, 9.17) is 4.74 Å². The molecule has 0 atom stereocenters. The second-order valence-electron chi connectivity index (χ2n) is 5.14. The number of hydrogen-bond acceptors (Lipinski definition) is 8. The lowest BCUT2D eigenvalue weighted by atomic mass is 10.4. The SMILES string of the molecule is CCNc1nc(NCCN(C)C)nc(N2CCOCC2)n1. The van der Waals surface area contributed by atoms with Crippen molar-refractivity contribution in [2.24, 2.45) is 0 Å². The molecule has 1 aliphatic heterocycles. The highest BCUT2D eigenvalue weighted by atomic mass is 16.5. The molecule has 0 unspecified atom stereocenters. The molecule has 0 amide bonds. The Morgan fingerprint density at radius 1 is 1.10 bits per heavy atom. The predicted molar refractivity (Wildman–Crippen MR) is 84.1 cm³/mol. The molecule has 2 heterocycles. The van der Waals surface area contributed by atoms with Crippen LogP contribution in [-0.2, 0) is 4.74 Å². The maximum atomic E-state index is 5.37. The van der Waals surface area contributed by atoms with Gasteiger partial charge in [-0.1, -0.05) is 0 Å². The Labute approximate surface area is 125 Å². The van der Waals surface area contributed by atoms with Crippen molar-refractivity contribution < 1.29 is 4.74 Å². The third-order valence-corrected chi connectivity index (χ3v) is 3.09. The molecule has 0 aliphatic carbocycles. The first kappa shape index (κ1) is 15.7. The van der Waals surface area contributed by atoms with Crippen molar-refractivity contribution in [1.29, 1.82) is 0 Å². The standard InChI is InChI=1S/C13H25N7O/c1-4-14-11-16-12(15-5-6-19(2)3)18-13(17-11)20-7-9-21-10-8-20/h4-10H2,1-3H3,(H2,14,15,16,17,18). The molecule has 118 valence electrons. The molecule has 0 saturated carbocycles. The van der Waals surface area contributed by atoms with Crippen molar-refractivity contribution >= 4 is 17.8 Å². The van der Waals surface area contributed by atoms with Gasteiger partial charge in [0.25, 0.3) is 0 Å². The first-order chi connectivity index (χ1) is 10.2. The Hall–Kier alpha value is -1.67. The predicted octanol–water partition coefficient (Wildman–Crippen LogP) is 0.114. The normalized spacial score (nSPS) is 15.3. The molecule has 1 aromatic heterocycles. The largest absolute Gasteiger partial charge is 0.378 e. The lowest BCUT2D eigenvalue weighted by molar-refractivity contribution is 0.122. The van der Waals surface area contributed by atoms with Crippen LogP contribution in [0.15, 0.2) is 0 Å². The Bertz CT molecular complexity index is 435. The molecule has 21 heavy (non-hydrogen) atoms. The lowest BCUT2D eigenvalue weighted by Crippen LogP contribution is -2.37. The van der Waals surface area contributed by atoms with E-state index in [1.807, 2.05) is 21.0 Å². The van der Waals surface area contributed by atoms with Gasteiger partial charge in [-0.05, 0) is 21.0 Å². The van der Waals surface area contributed by atoms with Crippen molar-refractivity contribution in [3.8, 4) is 0 Å². The Morgan fingerprint density at radius 3 is 2.38 bits per heavy atom. The second kappa shape index (κ2) is 7.94. The molecule has 1 aliphatic rings. The first-order valence-electron chi connectivity index (χ1n) is 7.40. The highest BCUT2D eigenvalue weighted by molar-refractivity contribution is 5.44. The van der Waals surface area contributed by atoms with Crippen LogP contribution in [0.4, 0.5) is 17.8 Å². The summed E-state index contributed by atoms with van der Waals surface area (Å²) in [6.07, 6.45) is 0. The number of likely N-dealkylation sites (N-methyl/N-ethyl adjacent to an activating group) is 1. The van der Waals surface area contributed by atoms with Crippen molar-refractivity contribution in [1.82, 2.24) is 19.9 Å². The summed E-state index contributed by atoms with van der Waals surface area (Å²) in [5.41, 5.74) is 0. The van der Waals surface area contributed by atoms with Gasteiger partial charge >= 0.3 is 0 Å². The molecule has 1 aromatic rings. The average Bonchev–Trinajstić information content (AvgIpc) is 2.48. The van der Waals surface area contributed by atoms with Gasteiger partial charge in [-0.25, -0.2) is 0 Å². The minimum Gasteiger partial charge on any atom is -0.378 e. The zero-order valence-corrected chi connectivity index (χ0v) is 13.1. The van der Waals surface area contributed by atoms with Gasteiger partial charge < -0.3 is 25.2 Å². The van der Waals surface area contributed by atoms with Gasteiger partial charge in [0.2, 0.25) is 17.8 Å². The van der Waals surface area contributed by atoms with Crippen LogP contribution in [0.2, 0.25) is 0 Å². The number of anilines is 3. The fourth-order valence-corrected chi connectivity index (χ4v) is 1.98. The van der Waals surface area contributed by atoms with Crippen molar-refractivity contribution in [3.63, 3.8) is 0 Å². The quantitative estimate of drug-likeness (QED) is 0.734. The van der Waals surface area contributed by atoms with Crippen LogP contribution in [0.5, 0.6) is 0 Å². The highest BCUT2D eigenvalue weighted by Crippen LogP contribution is 2.14. The van der Waals surface area contributed by atoms with Gasteiger partial charge in [-0.2, -0.15) is 15.0 Å². The van der Waals surface area contributed by atoms with Gasteiger partial charge in [0, 0.05) is 32.7 Å². The summed E-state index contributed by atoms with van der Waals surface area (Å²) in [5.74, 6) is 1.93. The number of morpholine rings is 1. The molecular formula is C13H25N7O. The van der Waals surface area contributed by atoms with Gasteiger partial charge in [0.05, 0.1) is 13.2 Å². The van der Waals surface area contributed by atoms with Crippen molar-refractivity contribution in [3.05, 3.63) is 0 Å². The molecule has 8 heteroatoms. The van der Waals surface area contributed by atoms with E-state index in [9.17, 15) is 0 Å². The molecule has 2 rings (SSSR count). The average molecular weight is 295 g/mol. The first-order valence-corrected chi connectivity index (χ1v) is 7.40. The van der Waals surface area contributed by atoms with Gasteiger partial charge in [0.1, 0.15) is 0 Å². The van der Waals surface area contributed by atoms with Crippen LogP contribution < -0.4 is 15.5 Å². The van der Waals surface area contributed by atoms with Gasteiger partial charge in [0.15, 0.2) is 0 Å². The fourth-order valence-electron chi connectivity index (χ4n) is 1.98. The monoisotopic (exact) mass is 295 g/mol. The van der Waals surface area contributed by atoms with E-state index in [1.165, 1.54) is 0 Å².